The number of amides is 1. The second-order valence-electron chi connectivity index (χ2n) is 2.94. The molecule has 1 N–H and O–H groups in total. The van der Waals surface area contributed by atoms with Gasteiger partial charge in [-0.05, 0) is 12.8 Å². The Hall–Kier alpha value is -1.03. The number of rotatable bonds is 5. The minimum absolute atomic E-state index is 0.108. The highest BCUT2D eigenvalue weighted by molar-refractivity contribution is 6.17. The van der Waals surface area contributed by atoms with Crippen LogP contribution >= 0.6 is 11.6 Å². The van der Waals surface area contributed by atoms with E-state index in [0.717, 1.165) is 12.8 Å². The number of hydrogen-bond donors (Lipinski definition) is 1. The Morgan fingerprint density at radius 3 is 3.07 bits per heavy atom. The van der Waals surface area contributed by atoms with Gasteiger partial charge in [0.1, 0.15) is 6.26 Å². The zero-order valence-corrected chi connectivity index (χ0v) is 8.75. The first-order valence-corrected chi connectivity index (χ1v) is 5.08. The second kappa shape index (κ2) is 5.65. The molecule has 0 aliphatic heterocycles. The van der Waals surface area contributed by atoms with Gasteiger partial charge in [-0.15, -0.1) is 11.6 Å². The summed E-state index contributed by atoms with van der Waals surface area (Å²) >= 11 is 5.60. The first kappa shape index (κ1) is 11.0. The number of hydrogen-bond acceptors (Lipinski definition) is 3. The van der Waals surface area contributed by atoms with E-state index >= 15 is 0 Å². The number of nitrogens with zero attached hydrogens (tertiary/aromatic N) is 1. The predicted molar refractivity (Wildman–Crippen MR) is 53.4 cm³/mol. The lowest BCUT2D eigenvalue weighted by Crippen LogP contribution is -2.34. The molecule has 4 nitrogen and oxygen atoms in total. The monoisotopic (exact) mass is 216 g/mol. The highest BCUT2D eigenvalue weighted by Gasteiger charge is 2.13. The van der Waals surface area contributed by atoms with Crippen LogP contribution in [0.2, 0.25) is 0 Å². The minimum atomic E-state index is -0.212. The predicted octanol–water partition coefficient (Wildman–Crippen LogP) is 1.81. The van der Waals surface area contributed by atoms with Gasteiger partial charge in [-0.1, -0.05) is 12.1 Å². The molecule has 5 heteroatoms. The van der Waals surface area contributed by atoms with Crippen LogP contribution in [0.3, 0.4) is 0 Å². The molecule has 14 heavy (non-hydrogen) atoms. The molecule has 1 unspecified atom stereocenters. The standard InChI is InChI=1S/C9H13ClN2O2/c1-2-7(3-5-10)11-9(13)8-4-6-14-12-8/h4,6-7H,2-3,5H2,1H3,(H,11,13). The van der Waals surface area contributed by atoms with Crippen LogP contribution < -0.4 is 5.32 Å². The molecular formula is C9H13ClN2O2. The lowest BCUT2D eigenvalue weighted by atomic mass is 10.1. The molecule has 1 aromatic heterocycles. The minimum Gasteiger partial charge on any atom is -0.364 e. The third kappa shape index (κ3) is 3.03. The topological polar surface area (TPSA) is 55.1 Å². The van der Waals surface area contributed by atoms with Crippen molar-refractivity contribution in [1.29, 1.82) is 0 Å². The third-order valence-corrected chi connectivity index (χ3v) is 2.17. The average molecular weight is 217 g/mol. The van der Waals surface area contributed by atoms with Gasteiger partial charge in [0.05, 0.1) is 0 Å². The Kier molecular flexibility index (Phi) is 4.46. The molecule has 1 aromatic rings. The summed E-state index contributed by atoms with van der Waals surface area (Å²) < 4.78 is 4.57. The summed E-state index contributed by atoms with van der Waals surface area (Å²) in [5.74, 6) is 0.327. The molecule has 1 heterocycles. The van der Waals surface area contributed by atoms with Gasteiger partial charge in [-0.2, -0.15) is 0 Å². The van der Waals surface area contributed by atoms with Crippen molar-refractivity contribution in [2.24, 2.45) is 0 Å². The summed E-state index contributed by atoms with van der Waals surface area (Å²) in [5, 5.41) is 6.37. The van der Waals surface area contributed by atoms with Crippen molar-refractivity contribution in [3.63, 3.8) is 0 Å². The molecule has 0 aliphatic rings. The van der Waals surface area contributed by atoms with Crippen LogP contribution in [0.1, 0.15) is 30.3 Å². The van der Waals surface area contributed by atoms with Crippen LogP contribution in [0, 0.1) is 0 Å². The molecule has 0 radical (unpaired) electrons. The molecule has 0 aliphatic carbocycles. The SMILES string of the molecule is CCC(CCCl)NC(=O)c1ccon1. The van der Waals surface area contributed by atoms with E-state index in [0.29, 0.717) is 11.6 Å². The van der Waals surface area contributed by atoms with Crippen molar-refractivity contribution in [1.82, 2.24) is 10.5 Å². The molecule has 0 bridgehead atoms. The first-order valence-electron chi connectivity index (χ1n) is 4.55. The summed E-state index contributed by atoms with van der Waals surface area (Å²) in [4.78, 5) is 11.5. The Bertz CT molecular complexity index is 274. The van der Waals surface area contributed by atoms with Gasteiger partial charge in [-0.25, -0.2) is 0 Å². The smallest absolute Gasteiger partial charge is 0.273 e. The third-order valence-electron chi connectivity index (χ3n) is 1.96. The number of carbonyl (C=O) groups excluding carboxylic acids is 1. The average Bonchev–Trinajstić information content (AvgIpc) is 2.69. The van der Waals surface area contributed by atoms with Crippen molar-refractivity contribution < 1.29 is 9.32 Å². The Labute approximate surface area is 87.6 Å². The molecular weight excluding hydrogens is 204 g/mol. The van der Waals surface area contributed by atoms with Gasteiger partial charge in [-0.3, -0.25) is 4.79 Å². The maximum Gasteiger partial charge on any atom is 0.273 e. The van der Waals surface area contributed by atoms with Gasteiger partial charge in [0.15, 0.2) is 5.69 Å². The fraction of sp³-hybridized carbons (Fsp3) is 0.556. The van der Waals surface area contributed by atoms with E-state index in [1.54, 1.807) is 0 Å². The van der Waals surface area contributed by atoms with Crippen LogP contribution in [0.25, 0.3) is 0 Å². The van der Waals surface area contributed by atoms with E-state index in [1.165, 1.54) is 12.3 Å². The fourth-order valence-electron chi connectivity index (χ4n) is 1.10. The maximum absolute atomic E-state index is 11.5. The van der Waals surface area contributed by atoms with E-state index in [2.05, 4.69) is 15.0 Å². The fourth-order valence-corrected chi connectivity index (χ4v) is 1.36. The Morgan fingerprint density at radius 2 is 2.57 bits per heavy atom. The van der Waals surface area contributed by atoms with Gasteiger partial charge < -0.3 is 9.84 Å². The Balaban J connectivity index is 2.47. The van der Waals surface area contributed by atoms with E-state index in [9.17, 15) is 4.79 Å². The summed E-state index contributed by atoms with van der Waals surface area (Å²) in [6.07, 6.45) is 3.00. The van der Waals surface area contributed by atoms with Gasteiger partial charge in [0.2, 0.25) is 0 Å². The quantitative estimate of drug-likeness (QED) is 0.764. The molecule has 0 fully saturated rings. The van der Waals surface area contributed by atoms with Crippen LogP contribution in [0.5, 0.6) is 0 Å². The number of alkyl halides is 1. The van der Waals surface area contributed by atoms with Crippen LogP contribution in [0.15, 0.2) is 16.9 Å². The van der Waals surface area contributed by atoms with Crippen molar-refractivity contribution >= 4 is 17.5 Å². The van der Waals surface area contributed by atoms with Gasteiger partial charge in [0, 0.05) is 18.0 Å². The molecule has 1 atom stereocenters. The number of carbonyl (C=O) groups is 1. The van der Waals surface area contributed by atoms with E-state index < -0.39 is 0 Å². The number of halogens is 1. The van der Waals surface area contributed by atoms with Gasteiger partial charge >= 0.3 is 0 Å². The molecule has 0 saturated carbocycles. The zero-order valence-electron chi connectivity index (χ0n) is 8.00. The summed E-state index contributed by atoms with van der Waals surface area (Å²) in [7, 11) is 0. The second-order valence-corrected chi connectivity index (χ2v) is 3.32. The van der Waals surface area contributed by atoms with Crippen molar-refractivity contribution in [2.45, 2.75) is 25.8 Å². The molecule has 0 spiro atoms. The Morgan fingerprint density at radius 1 is 1.79 bits per heavy atom. The molecule has 1 amide bonds. The lowest BCUT2D eigenvalue weighted by Gasteiger charge is -2.13. The molecule has 0 saturated heterocycles. The molecule has 78 valence electrons. The van der Waals surface area contributed by atoms with Crippen LogP contribution in [-0.2, 0) is 0 Å². The van der Waals surface area contributed by atoms with E-state index in [-0.39, 0.29) is 11.9 Å². The molecule has 0 aromatic carbocycles. The summed E-state index contributed by atoms with van der Waals surface area (Å²) in [6, 6.07) is 1.64. The highest BCUT2D eigenvalue weighted by atomic mass is 35.5. The van der Waals surface area contributed by atoms with Gasteiger partial charge in [0.25, 0.3) is 5.91 Å². The normalized spacial score (nSPS) is 12.4. The number of nitrogens with one attached hydrogen (secondary N) is 1. The van der Waals surface area contributed by atoms with Crippen LogP contribution in [-0.4, -0.2) is 23.0 Å². The summed E-state index contributed by atoms with van der Waals surface area (Å²) in [6.45, 7) is 2.00. The van der Waals surface area contributed by atoms with E-state index in [1.807, 2.05) is 6.92 Å². The maximum atomic E-state index is 11.5. The lowest BCUT2D eigenvalue weighted by molar-refractivity contribution is 0.0926. The van der Waals surface area contributed by atoms with Crippen molar-refractivity contribution in [3.8, 4) is 0 Å². The van der Waals surface area contributed by atoms with Crippen molar-refractivity contribution in [2.75, 3.05) is 5.88 Å². The summed E-state index contributed by atoms with van der Waals surface area (Å²) in [5.41, 5.74) is 0.304. The largest absolute Gasteiger partial charge is 0.364 e. The molecule has 1 rings (SSSR count). The first-order chi connectivity index (χ1) is 6.77. The van der Waals surface area contributed by atoms with Crippen molar-refractivity contribution in [3.05, 3.63) is 18.0 Å². The van der Waals surface area contributed by atoms with Crippen LogP contribution in [0.4, 0.5) is 0 Å². The highest BCUT2D eigenvalue weighted by Crippen LogP contribution is 2.02. The van der Waals surface area contributed by atoms with E-state index in [4.69, 9.17) is 11.6 Å². The zero-order chi connectivity index (χ0) is 10.4. The number of aromatic nitrogens is 1.